The zero-order valence-corrected chi connectivity index (χ0v) is 17.7. The van der Waals surface area contributed by atoms with Crippen molar-refractivity contribution in [3.8, 4) is 5.75 Å². The number of carbonyl (C=O) groups excluding carboxylic acids is 1. The van der Waals surface area contributed by atoms with E-state index in [1.165, 1.54) is 10.8 Å². The van der Waals surface area contributed by atoms with Gasteiger partial charge < -0.3 is 14.0 Å². The van der Waals surface area contributed by atoms with Crippen molar-refractivity contribution in [3.63, 3.8) is 0 Å². The molecule has 5 nitrogen and oxygen atoms in total. The van der Waals surface area contributed by atoms with Crippen molar-refractivity contribution in [1.29, 1.82) is 0 Å². The van der Waals surface area contributed by atoms with Crippen LogP contribution in [0.2, 0.25) is 0 Å². The summed E-state index contributed by atoms with van der Waals surface area (Å²) in [6.45, 7) is 3.64. The van der Waals surface area contributed by atoms with Gasteiger partial charge in [0.1, 0.15) is 12.4 Å². The Morgan fingerprint density at radius 2 is 1.74 bits per heavy atom. The van der Waals surface area contributed by atoms with Crippen molar-refractivity contribution in [2.24, 2.45) is 0 Å². The summed E-state index contributed by atoms with van der Waals surface area (Å²) in [6, 6.07) is 22.7. The smallest absolute Gasteiger partial charge is 0.358 e. The lowest BCUT2D eigenvalue weighted by Gasteiger charge is -2.09. The fourth-order valence-corrected chi connectivity index (χ4v) is 3.33. The molecule has 0 aliphatic rings. The maximum atomic E-state index is 12.0. The molecule has 0 atom stereocenters. The Kier molecular flexibility index (Phi) is 6.62. The highest BCUT2D eigenvalue weighted by Gasteiger charge is 2.10. The average molecular weight is 415 g/mol. The first kappa shape index (κ1) is 20.7. The molecule has 0 saturated heterocycles. The minimum atomic E-state index is -0.371. The van der Waals surface area contributed by atoms with Gasteiger partial charge in [-0.3, -0.25) is 0 Å². The van der Waals surface area contributed by atoms with Gasteiger partial charge in [-0.15, -0.1) is 0 Å². The van der Waals surface area contributed by atoms with E-state index in [1.54, 1.807) is 12.5 Å². The first-order valence-electron chi connectivity index (χ1n) is 10.6. The van der Waals surface area contributed by atoms with Crippen molar-refractivity contribution in [3.05, 3.63) is 96.1 Å². The van der Waals surface area contributed by atoms with Crippen LogP contribution in [0.15, 0.2) is 79.3 Å². The number of benzene rings is 3. The Balaban J connectivity index is 1.31. The van der Waals surface area contributed by atoms with Crippen LogP contribution < -0.4 is 4.74 Å². The number of esters is 1. The molecule has 0 N–H and O–H groups in total. The molecular formula is C26H26N2O3. The number of hydrogen-bond acceptors (Lipinski definition) is 4. The summed E-state index contributed by atoms with van der Waals surface area (Å²) in [5, 5.41) is 2.44. The molecular weight excluding hydrogens is 388 g/mol. The second-order valence-corrected chi connectivity index (χ2v) is 7.53. The molecule has 5 heteroatoms. The molecule has 0 bridgehead atoms. The van der Waals surface area contributed by atoms with Crippen molar-refractivity contribution < 1.29 is 14.3 Å². The molecule has 0 fully saturated rings. The molecule has 3 aromatic carbocycles. The summed E-state index contributed by atoms with van der Waals surface area (Å²) < 4.78 is 13.0. The standard InChI is InChI=1S/C26H26N2O3/c1-2-3-14-30-26(29)25-17-28(19-27-25)16-20-9-12-24(13-10-20)31-18-21-8-11-22-6-4-5-7-23(22)15-21/h4-13,15,17,19H,2-3,14,16,18H2,1H3. The van der Waals surface area contributed by atoms with Crippen LogP contribution in [0.5, 0.6) is 5.75 Å². The quantitative estimate of drug-likeness (QED) is 0.263. The van der Waals surface area contributed by atoms with Gasteiger partial charge in [0.15, 0.2) is 5.69 Å². The lowest BCUT2D eigenvalue weighted by molar-refractivity contribution is 0.0493. The van der Waals surface area contributed by atoms with E-state index in [9.17, 15) is 4.79 Å². The molecule has 0 amide bonds. The topological polar surface area (TPSA) is 53.4 Å². The second kappa shape index (κ2) is 9.94. The second-order valence-electron chi connectivity index (χ2n) is 7.53. The summed E-state index contributed by atoms with van der Waals surface area (Å²) in [4.78, 5) is 16.1. The van der Waals surface area contributed by atoms with Crippen LogP contribution in [0.25, 0.3) is 10.8 Å². The number of ether oxygens (including phenoxy) is 2. The summed E-state index contributed by atoms with van der Waals surface area (Å²) in [6.07, 6.45) is 5.23. The normalized spacial score (nSPS) is 10.9. The van der Waals surface area contributed by atoms with E-state index in [0.717, 1.165) is 29.7 Å². The zero-order chi connectivity index (χ0) is 21.5. The number of nitrogens with zero attached hydrogens (tertiary/aromatic N) is 2. The van der Waals surface area contributed by atoms with Gasteiger partial charge in [-0.25, -0.2) is 9.78 Å². The van der Waals surface area contributed by atoms with Gasteiger partial charge in [0.2, 0.25) is 0 Å². The average Bonchev–Trinajstić information content (AvgIpc) is 3.27. The number of fused-ring (bicyclic) bond motifs is 1. The van der Waals surface area contributed by atoms with Gasteiger partial charge in [-0.2, -0.15) is 0 Å². The maximum Gasteiger partial charge on any atom is 0.358 e. The van der Waals surface area contributed by atoms with Crippen LogP contribution in [0.3, 0.4) is 0 Å². The van der Waals surface area contributed by atoms with Crippen molar-refractivity contribution in [1.82, 2.24) is 9.55 Å². The first-order valence-corrected chi connectivity index (χ1v) is 10.6. The van der Waals surface area contributed by atoms with E-state index in [4.69, 9.17) is 9.47 Å². The Hall–Kier alpha value is -3.60. The van der Waals surface area contributed by atoms with Crippen LogP contribution in [-0.4, -0.2) is 22.1 Å². The Morgan fingerprint density at radius 1 is 0.968 bits per heavy atom. The van der Waals surface area contributed by atoms with Crippen molar-refractivity contribution in [2.45, 2.75) is 32.9 Å². The lowest BCUT2D eigenvalue weighted by Crippen LogP contribution is -2.06. The minimum absolute atomic E-state index is 0.339. The third kappa shape index (κ3) is 5.51. The summed E-state index contributed by atoms with van der Waals surface area (Å²) in [7, 11) is 0. The van der Waals surface area contributed by atoms with Crippen LogP contribution >= 0.6 is 0 Å². The van der Waals surface area contributed by atoms with Crippen molar-refractivity contribution >= 4 is 16.7 Å². The van der Waals surface area contributed by atoms with E-state index in [2.05, 4.69) is 42.2 Å². The van der Waals surface area contributed by atoms with Gasteiger partial charge in [-0.05, 0) is 46.5 Å². The number of hydrogen-bond donors (Lipinski definition) is 0. The Morgan fingerprint density at radius 3 is 2.55 bits per heavy atom. The van der Waals surface area contributed by atoms with E-state index >= 15 is 0 Å². The number of carbonyl (C=O) groups is 1. The monoisotopic (exact) mass is 414 g/mol. The van der Waals surface area contributed by atoms with Crippen molar-refractivity contribution in [2.75, 3.05) is 6.61 Å². The largest absolute Gasteiger partial charge is 0.489 e. The molecule has 158 valence electrons. The number of aromatic nitrogens is 2. The Labute approximate surface area is 182 Å². The number of imidazole rings is 1. The summed E-state index contributed by atoms with van der Waals surface area (Å²) >= 11 is 0. The molecule has 4 rings (SSSR count). The van der Waals surface area contributed by atoms with E-state index < -0.39 is 0 Å². The molecule has 1 aromatic heterocycles. The molecule has 0 saturated carbocycles. The fourth-order valence-electron chi connectivity index (χ4n) is 3.33. The third-order valence-electron chi connectivity index (χ3n) is 5.08. The fraction of sp³-hybridized carbons (Fsp3) is 0.231. The van der Waals surface area contributed by atoms with Crippen LogP contribution in [0.1, 0.15) is 41.4 Å². The number of unbranched alkanes of at least 4 members (excludes halogenated alkanes) is 1. The molecule has 1 heterocycles. The molecule has 0 aliphatic carbocycles. The predicted octanol–water partition coefficient (Wildman–Crippen LogP) is 5.62. The van der Waals surface area contributed by atoms with Gasteiger partial charge in [0.25, 0.3) is 0 Å². The van der Waals surface area contributed by atoms with E-state index in [-0.39, 0.29) is 5.97 Å². The third-order valence-corrected chi connectivity index (χ3v) is 5.08. The van der Waals surface area contributed by atoms with Gasteiger partial charge in [0.05, 0.1) is 12.9 Å². The minimum Gasteiger partial charge on any atom is -0.489 e. The molecule has 0 aliphatic heterocycles. The van der Waals surface area contributed by atoms with Gasteiger partial charge in [-0.1, -0.05) is 61.9 Å². The van der Waals surface area contributed by atoms with Crippen LogP contribution in [0, 0.1) is 0 Å². The molecule has 4 aromatic rings. The van der Waals surface area contributed by atoms with Crippen LogP contribution in [-0.2, 0) is 17.9 Å². The van der Waals surface area contributed by atoms with Gasteiger partial charge in [0, 0.05) is 12.7 Å². The number of rotatable bonds is 9. The SMILES string of the molecule is CCCCOC(=O)c1cn(Cc2ccc(OCc3ccc4ccccc4c3)cc2)cn1. The molecule has 0 spiro atoms. The maximum absolute atomic E-state index is 12.0. The van der Waals surface area contributed by atoms with E-state index in [0.29, 0.717) is 25.5 Å². The highest BCUT2D eigenvalue weighted by atomic mass is 16.5. The highest BCUT2D eigenvalue weighted by Crippen LogP contribution is 2.19. The van der Waals surface area contributed by atoms with Crippen LogP contribution in [0.4, 0.5) is 0 Å². The predicted molar refractivity (Wildman–Crippen MR) is 121 cm³/mol. The lowest BCUT2D eigenvalue weighted by atomic mass is 10.1. The zero-order valence-electron chi connectivity index (χ0n) is 17.7. The summed E-state index contributed by atoms with van der Waals surface area (Å²) in [5.41, 5.74) is 2.58. The summed E-state index contributed by atoms with van der Waals surface area (Å²) in [5.74, 6) is 0.451. The molecule has 0 radical (unpaired) electrons. The first-order chi connectivity index (χ1) is 15.2. The highest BCUT2D eigenvalue weighted by molar-refractivity contribution is 5.86. The van der Waals surface area contributed by atoms with E-state index in [1.807, 2.05) is 41.0 Å². The Bertz CT molecular complexity index is 1150. The molecule has 31 heavy (non-hydrogen) atoms. The molecule has 0 unspecified atom stereocenters. The van der Waals surface area contributed by atoms with Gasteiger partial charge >= 0.3 is 5.97 Å².